The topological polar surface area (TPSA) is 38.3 Å². The predicted molar refractivity (Wildman–Crippen MR) is 78.0 cm³/mol. The van der Waals surface area contributed by atoms with Gasteiger partial charge in [-0.25, -0.2) is 0 Å². The molecule has 0 aromatic rings. The van der Waals surface area contributed by atoms with Crippen LogP contribution in [0.2, 0.25) is 0 Å². The van der Waals surface area contributed by atoms with Crippen LogP contribution >= 0.6 is 11.8 Å². The second kappa shape index (κ2) is 6.80. The van der Waals surface area contributed by atoms with E-state index in [1.807, 2.05) is 11.8 Å². The second-order valence-corrected chi connectivity index (χ2v) is 7.44. The fourth-order valence-corrected chi connectivity index (χ4v) is 3.17. The van der Waals surface area contributed by atoms with E-state index in [2.05, 4.69) is 26.1 Å². The van der Waals surface area contributed by atoms with E-state index in [0.29, 0.717) is 6.42 Å². The molecule has 1 N–H and O–H groups in total. The zero-order chi connectivity index (χ0) is 13.6. The van der Waals surface area contributed by atoms with Crippen molar-refractivity contribution in [3.8, 4) is 0 Å². The van der Waals surface area contributed by atoms with Crippen LogP contribution in [0.25, 0.3) is 0 Å². The number of methoxy groups -OCH3 is 1. The van der Waals surface area contributed by atoms with Gasteiger partial charge in [0.2, 0.25) is 0 Å². The first-order valence-electron chi connectivity index (χ1n) is 6.77. The van der Waals surface area contributed by atoms with Crippen molar-refractivity contribution in [3.63, 3.8) is 0 Å². The molecule has 1 aliphatic rings. The fourth-order valence-electron chi connectivity index (χ4n) is 1.85. The molecule has 0 amide bonds. The summed E-state index contributed by atoms with van der Waals surface area (Å²) in [6.07, 6.45) is 4.18. The van der Waals surface area contributed by atoms with Crippen LogP contribution in [0.3, 0.4) is 0 Å². The van der Waals surface area contributed by atoms with Crippen molar-refractivity contribution in [2.75, 3.05) is 25.2 Å². The highest BCUT2D eigenvalue weighted by atomic mass is 32.2. The largest absolute Gasteiger partial charge is 0.469 e. The first kappa shape index (κ1) is 15.8. The summed E-state index contributed by atoms with van der Waals surface area (Å²) in [7, 11) is 1.48. The van der Waals surface area contributed by atoms with Gasteiger partial charge >= 0.3 is 5.97 Å². The molecule has 0 atom stereocenters. The summed E-state index contributed by atoms with van der Waals surface area (Å²) in [4.78, 5) is 11.3. The SMILES string of the molecule is COC(=O)CC1(CSCCCNC(C)(C)C)CC1. The Labute approximate surface area is 115 Å². The number of hydrogen-bond acceptors (Lipinski definition) is 4. The first-order chi connectivity index (χ1) is 8.37. The van der Waals surface area contributed by atoms with E-state index in [0.717, 1.165) is 12.3 Å². The molecule has 1 saturated carbocycles. The van der Waals surface area contributed by atoms with Crippen LogP contribution in [0.15, 0.2) is 0 Å². The number of ether oxygens (including phenoxy) is 1. The van der Waals surface area contributed by atoms with Crippen molar-refractivity contribution in [1.82, 2.24) is 5.32 Å². The van der Waals surface area contributed by atoms with Gasteiger partial charge in [0, 0.05) is 5.54 Å². The predicted octanol–water partition coefficient (Wildman–Crippen LogP) is 2.84. The van der Waals surface area contributed by atoms with Crippen LogP contribution in [0.4, 0.5) is 0 Å². The summed E-state index contributed by atoms with van der Waals surface area (Å²) in [6, 6.07) is 0. The summed E-state index contributed by atoms with van der Waals surface area (Å²) in [5, 5.41) is 3.49. The van der Waals surface area contributed by atoms with Crippen molar-refractivity contribution in [2.45, 2.75) is 52.0 Å². The van der Waals surface area contributed by atoms with E-state index in [9.17, 15) is 4.79 Å². The standard InChI is InChI=1S/C14H27NO2S/c1-13(2,3)15-8-5-9-18-11-14(6-7-14)10-12(16)17-4/h15H,5-11H2,1-4H3. The van der Waals surface area contributed by atoms with E-state index >= 15 is 0 Å². The van der Waals surface area contributed by atoms with E-state index in [1.54, 1.807) is 0 Å². The van der Waals surface area contributed by atoms with Gasteiger partial charge in [0.05, 0.1) is 13.5 Å². The minimum atomic E-state index is -0.0532. The summed E-state index contributed by atoms with van der Waals surface area (Å²) < 4.78 is 4.75. The van der Waals surface area contributed by atoms with Crippen LogP contribution in [-0.4, -0.2) is 36.7 Å². The van der Waals surface area contributed by atoms with Crippen LogP contribution in [0.1, 0.15) is 46.5 Å². The molecule has 18 heavy (non-hydrogen) atoms. The van der Waals surface area contributed by atoms with E-state index in [-0.39, 0.29) is 16.9 Å². The summed E-state index contributed by atoms with van der Waals surface area (Å²) in [5.41, 5.74) is 0.489. The Bertz CT molecular complexity index is 269. The molecule has 4 heteroatoms. The quantitative estimate of drug-likeness (QED) is 0.545. The monoisotopic (exact) mass is 273 g/mol. The van der Waals surface area contributed by atoms with E-state index in [4.69, 9.17) is 4.74 Å². The van der Waals surface area contributed by atoms with Gasteiger partial charge in [-0.3, -0.25) is 4.79 Å². The van der Waals surface area contributed by atoms with Crippen LogP contribution in [0.5, 0.6) is 0 Å². The van der Waals surface area contributed by atoms with Crippen molar-refractivity contribution in [1.29, 1.82) is 0 Å². The van der Waals surface area contributed by atoms with Crippen molar-refractivity contribution < 1.29 is 9.53 Å². The molecule has 3 nitrogen and oxygen atoms in total. The minimum Gasteiger partial charge on any atom is -0.469 e. The van der Waals surface area contributed by atoms with Crippen LogP contribution in [0, 0.1) is 5.41 Å². The molecule has 0 unspecified atom stereocenters. The average molecular weight is 273 g/mol. The highest BCUT2D eigenvalue weighted by Crippen LogP contribution is 2.51. The molecule has 1 aliphatic carbocycles. The Morgan fingerprint density at radius 3 is 2.56 bits per heavy atom. The first-order valence-corrected chi connectivity index (χ1v) is 7.92. The molecule has 0 aromatic carbocycles. The second-order valence-electron chi connectivity index (χ2n) is 6.34. The maximum Gasteiger partial charge on any atom is 0.306 e. The van der Waals surface area contributed by atoms with Crippen molar-refractivity contribution in [2.24, 2.45) is 5.41 Å². The Morgan fingerprint density at radius 1 is 1.39 bits per heavy atom. The number of hydrogen-bond donors (Lipinski definition) is 1. The third-order valence-electron chi connectivity index (χ3n) is 3.23. The van der Waals surface area contributed by atoms with Crippen LogP contribution < -0.4 is 5.32 Å². The van der Waals surface area contributed by atoms with Gasteiger partial charge in [-0.05, 0) is 63.5 Å². The van der Waals surface area contributed by atoms with E-state index in [1.165, 1.54) is 32.1 Å². The maximum absolute atomic E-state index is 11.3. The average Bonchev–Trinajstić information content (AvgIpc) is 3.02. The zero-order valence-electron chi connectivity index (χ0n) is 12.2. The Balaban J connectivity index is 2.03. The molecule has 0 aliphatic heterocycles. The van der Waals surface area contributed by atoms with Gasteiger partial charge in [0.15, 0.2) is 0 Å². The molecule has 0 radical (unpaired) electrons. The molecule has 0 bridgehead atoms. The van der Waals surface area contributed by atoms with Gasteiger partial charge in [-0.2, -0.15) is 11.8 Å². The highest BCUT2D eigenvalue weighted by Gasteiger charge is 2.44. The lowest BCUT2D eigenvalue weighted by molar-refractivity contribution is -0.141. The number of carbonyl (C=O) groups is 1. The molecule has 0 aromatic heterocycles. The Hall–Kier alpha value is -0.220. The molecule has 0 saturated heterocycles. The maximum atomic E-state index is 11.3. The van der Waals surface area contributed by atoms with Crippen molar-refractivity contribution in [3.05, 3.63) is 0 Å². The number of esters is 1. The lowest BCUT2D eigenvalue weighted by atomic mass is 10.1. The number of thioether (sulfide) groups is 1. The number of carbonyl (C=O) groups excluding carboxylic acids is 1. The van der Waals surface area contributed by atoms with Crippen LogP contribution in [-0.2, 0) is 9.53 Å². The third-order valence-corrected chi connectivity index (χ3v) is 4.63. The van der Waals surface area contributed by atoms with Gasteiger partial charge in [0.1, 0.15) is 0 Å². The summed E-state index contributed by atoms with van der Waals surface area (Å²) in [5.74, 6) is 2.23. The molecular formula is C14H27NO2S. The number of rotatable bonds is 8. The Kier molecular flexibility index (Phi) is 5.99. The van der Waals surface area contributed by atoms with Gasteiger partial charge in [-0.15, -0.1) is 0 Å². The van der Waals surface area contributed by atoms with Gasteiger partial charge < -0.3 is 10.1 Å². The molecule has 1 rings (SSSR count). The van der Waals surface area contributed by atoms with Crippen molar-refractivity contribution >= 4 is 17.7 Å². The molecule has 0 spiro atoms. The highest BCUT2D eigenvalue weighted by molar-refractivity contribution is 7.99. The normalized spacial score (nSPS) is 17.6. The third kappa shape index (κ3) is 6.64. The summed E-state index contributed by atoms with van der Waals surface area (Å²) >= 11 is 1.98. The fraction of sp³-hybridized carbons (Fsp3) is 0.929. The molecule has 1 fully saturated rings. The zero-order valence-corrected chi connectivity index (χ0v) is 13.0. The van der Waals surface area contributed by atoms with Gasteiger partial charge in [0.25, 0.3) is 0 Å². The molecular weight excluding hydrogens is 246 g/mol. The summed E-state index contributed by atoms with van der Waals surface area (Å²) in [6.45, 7) is 7.64. The lowest BCUT2D eigenvalue weighted by Crippen LogP contribution is -2.36. The molecule has 106 valence electrons. The Morgan fingerprint density at radius 2 is 2.06 bits per heavy atom. The minimum absolute atomic E-state index is 0.0532. The number of nitrogens with one attached hydrogen (secondary N) is 1. The molecule has 0 heterocycles. The van der Waals surface area contributed by atoms with E-state index < -0.39 is 0 Å². The lowest BCUT2D eigenvalue weighted by Gasteiger charge is -2.20. The van der Waals surface area contributed by atoms with Gasteiger partial charge in [-0.1, -0.05) is 0 Å². The smallest absolute Gasteiger partial charge is 0.306 e.